The summed E-state index contributed by atoms with van der Waals surface area (Å²) >= 11 is 0. The van der Waals surface area contributed by atoms with Gasteiger partial charge in [-0.3, -0.25) is 0 Å². The number of nitrogens with zero attached hydrogens (tertiary/aromatic N) is 1. The summed E-state index contributed by atoms with van der Waals surface area (Å²) in [6.45, 7) is 0. The van der Waals surface area contributed by atoms with E-state index in [0.29, 0.717) is 6.07 Å². The van der Waals surface area contributed by atoms with Crippen LogP contribution in [0.4, 0.5) is 17.6 Å². The average molecular weight is 259 g/mol. The van der Waals surface area contributed by atoms with Crippen molar-refractivity contribution in [2.45, 2.75) is 6.18 Å². The van der Waals surface area contributed by atoms with Crippen LogP contribution in [0.2, 0.25) is 0 Å². The van der Waals surface area contributed by atoms with Crippen molar-refractivity contribution in [2.75, 3.05) is 0 Å². The summed E-state index contributed by atoms with van der Waals surface area (Å²) in [5.74, 6) is -2.65. The Morgan fingerprint density at radius 2 is 1.94 bits per heavy atom. The number of carboxylic acid groups (broad SMARTS) is 1. The Balaban J connectivity index is 2.91. The van der Waals surface area contributed by atoms with Gasteiger partial charge >= 0.3 is 12.1 Å². The van der Waals surface area contributed by atoms with E-state index in [1.807, 2.05) is 0 Å². The molecule has 1 aromatic carbocycles. The highest BCUT2D eigenvalue weighted by Crippen LogP contribution is 2.35. The molecule has 0 bridgehead atoms. The maximum Gasteiger partial charge on any atom is 0.417 e. The molecule has 0 aliphatic heterocycles. The highest BCUT2D eigenvalue weighted by molar-refractivity contribution is 5.92. The van der Waals surface area contributed by atoms with Gasteiger partial charge in [0.15, 0.2) is 0 Å². The van der Waals surface area contributed by atoms with Crippen LogP contribution in [-0.2, 0) is 6.18 Å². The predicted molar refractivity (Wildman–Crippen MR) is 53.7 cm³/mol. The van der Waals surface area contributed by atoms with Crippen molar-refractivity contribution in [3.63, 3.8) is 0 Å². The number of carboxylic acids is 1. The zero-order valence-corrected chi connectivity index (χ0v) is 8.62. The van der Waals surface area contributed by atoms with Gasteiger partial charge in [0.05, 0.1) is 5.56 Å². The van der Waals surface area contributed by atoms with Gasteiger partial charge in [0, 0.05) is 5.39 Å². The second-order valence-electron chi connectivity index (χ2n) is 3.49. The van der Waals surface area contributed by atoms with E-state index in [1.54, 1.807) is 0 Å². The van der Waals surface area contributed by atoms with Crippen LogP contribution in [0.1, 0.15) is 16.1 Å². The van der Waals surface area contributed by atoms with Gasteiger partial charge in [0.25, 0.3) is 0 Å². The molecule has 0 unspecified atom stereocenters. The number of alkyl halides is 3. The van der Waals surface area contributed by atoms with Gasteiger partial charge in [-0.2, -0.15) is 13.2 Å². The van der Waals surface area contributed by atoms with Gasteiger partial charge in [0.2, 0.25) is 0 Å². The molecule has 0 saturated carbocycles. The Morgan fingerprint density at radius 1 is 1.28 bits per heavy atom. The van der Waals surface area contributed by atoms with Crippen LogP contribution in [0, 0.1) is 5.82 Å². The van der Waals surface area contributed by atoms with Crippen molar-refractivity contribution in [2.24, 2.45) is 0 Å². The number of hydrogen-bond donors (Lipinski definition) is 1. The standard InChI is InChI=1S/C11H5F4NO2/c12-7-3-1-2-5-6(11(13,14)15)4-8(10(17)18)16-9(5)7/h1-4H,(H,17,18). The van der Waals surface area contributed by atoms with Gasteiger partial charge in [-0.15, -0.1) is 0 Å². The molecule has 1 heterocycles. The van der Waals surface area contributed by atoms with E-state index >= 15 is 0 Å². The minimum absolute atomic E-state index is 0.393. The Kier molecular flexibility index (Phi) is 2.68. The number of halogens is 4. The van der Waals surface area contributed by atoms with Crippen LogP contribution in [-0.4, -0.2) is 16.1 Å². The number of benzene rings is 1. The van der Waals surface area contributed by atoms with E-state index in [-0.39, 0.29) is 0 Å². The molecule has 0 aliphatic carbocycles. The lowest BCUT2D eigenvalue weighted by Crippen LogP contribution is -2.11. The first-order valence-electron chi connectivity index (χ1n) is 4.70. The lowest BCUT2D eigenvalue weighted by atomic mass is 10.1. The van der Waals surface area contributed by atoms with Gasteiger partial charge in [-0.25, -0.2) is 14.2 Å². The fourth-order valence-corrected chi connectivity index (χ4v) is 1.56. The van der Waals surface area contributed by atoms with Crippen LogP contribution in [0.3, 0.4) is 0 Å². The normalized spacial score (nSPS) is 11.8. The van der Waals surface area contributed by atoms with Crippen molar-refractivity contribution in [1.29, 1.82) is 0 Å². The van der Waals surface area contributed by atoms with E-state index < -0.39 is 40.1 Å². The number of aromatic nitrogens is 1. The van der Waals surface area contributed by atoms with Crippen molar-refractivity contribution >= 4 is 16.9 Å². The van der Waals surface area contributed by atoms with E-state index in [1.165, 1.54) is 0 Å². The molecule has 3 nitrogen and oxygen atoms in total. The summed E-state index contributed by atoms with van der Waals surface area (Å²) in [4.78, 5) is 14.1. The number of carbonyl (C=O) groups is 1. The predicted octanol–water partition coefficient (Wildman–Crippen LogP) is 3.09. The Bertz CT molecular complexity index is 637. The number of rotatable bonds is 1. The molecule has 0 aliphatic rings. The summed E-state index contributed by atoms with van der Waals surface area (Å²) < 4.78 is 51.6. The van der Waals surface area contributed by atoms with Gasteiger partial charge in [-0.05, 0) is 12.1 Å². The molecule has 1 aromatic heterocycles. The molecule has 0 spiro atoms. The van der Waals surface area contributed by atoms with Crippen molar-refractivity contribution in [1.82, 2.24) is 4.98 Å². The molecule has 94 valence electrons. The fourth-order valence-electron chi connectivity index (χ4n) is 1.56. The minimum Gasteiger partial charge on any atom is -0.477 e. The number of hydrogen-bond acceptors (Lipinski definition) is 2. The summed E-state index contributed by atoms with van der Waals surface area (Å²) in [5.41, 5.74) is -2.67. The average Bonchev–Trinajstić information content (AvgIpc) is 2.27. The lowest BCUT2D eigenvalue weighted by Gasteiger charge is -2.11. The Hall–Kier alpha value is -2.18. The third kappa shape index (κ3) is 1.99. The molecule has 0 amide bonds. The summed E-state index contributed by atoms with van der Waals surface area (Å²) in [6, 6.07) is 3.46. The second kappa shape index (κ2) is 3.94. The second-order valence-corrected chi connectivity index (χ2v) is 3.49. The lowest BCUT2D eigenvalue weighted by molar-refractivity contribution is -0.136. The first kappa shape index (κ1) is 12.3. The molecular weight excluding hydrogens is 254 g/mol. The van der Waals surface area contributed by atoms with Crippen LogP contribution >= 0.6 is 0 Å². The zero-order chi connectivity index (χ0) is 13.5. The van der Waals surface area contributed by atoms with E-state index in [2.05, 4.69) is 4.98 Å². The van der Waals surface area contributed by atoms with Gasteiger partial charge < -0.3 is 5.11 Å². The number of para-hydroxylation sites is 1. The van der Waals surface area contributed by atoms with E-state index in [4.69, 9.17) is 5.11 Å². The van der Waals surface area contributed by atoms with E-state index in [0.717, 1.165) is 18.2 Å². The number of pyridine rings is 1. The summed E-state index contributed by atoms with van der Waals surface area (Å²) in [7, 11) is 0. The summed E-state index contributed by atoms with van der Waals surface area (Å²) in [5, 5.41) is 8.21. The van der Waals surface area contributed by atoms with Crippen LogP contribution in [0.25, 0.3) is 10.9 Å². The highest BCUT2D eigenvalue weighted by atomic mass is 19.4. The van der Waals surface area contributed by atoms with Gasteiger partial charge in [-0.1, -0.05) is 12.1 Å². The van der Waals surface area contributed by atoms with Crippen molar-refractivity contribution in [3.8, 4) is 0 Å². The highest BCUT2D eigenvalue weighted by Gasteiger charge is 2.34. The van der Waals surface area contributed by atoms with Crippen molar-refractivity contribution < 1.29 is 27.5 Å². The molecule has 7 heteroatoms. The maximum absolute atomic E-state index is 13.4. The van der Waals surface area contributed by atoms with Gasteiger partial charge in [0.1, 0.15) is 17.0 Å². The fraction of sp³-hybridized carbons (Fsp3) is 0.0909. The molecule has 2 aromatic rings. The molecule has 0 saturated heterocycles. The minimum atomic E-state index is -4.78. The third-order valence-electron chi connectivity index (χ3n) is 2.31. The number of fused-ring (bicyclic) bond motifs is 1. The molecule has 0 radical (unpaired) electrons. The summed E-state index contributed by atoms with van der Waals surface area (Å²) in [6.07, 6.45) is -4.78. The Labute approximate surface area is 97.7 Å². The van der Waals surface area contributed by atoms with Crippen LogP contribution < -0.4 is 0 Å². The zero-order valence-electron chi connectivity index (χ0n) is 8.62. The molecular formula is C11H5F4NO2. The molecule has 2 rings (SSSR count). The first-order chi connectivity index (χ1) is 8.30. The SMILES string of the molecule is O=C(O)c1cc(C(F)(F)F)c2cccc(F)c2n1. The quantitative estimate of drug-likeness (QED) is 0.800. The third-order valence-corrected chi connectivity index (χ3v) is 2.31. The largest absolute Gasteiger partial charge is 0.477 e. The molecule has 0 atom stereocenters. The number of aromatic carboxylic acids is 1. The van der Waals surface area contributed by atoms with Crippen LogP contribution in [0.15, 0.2) is 24.3 Å². The van der Waals surface area contributed by atoms with Crippen LogP contribution in [0.5, 0.6) is 0 Å². The monoisotopic (exact) mass is 259 g/mol. The van der Waals surface area contributed by atoms with E-state index in [9.17, 15) is 22.4 Å². The maximum atomic E-state index is 13.4. The van der Waals surface area contributed by atoms with Crippen molar-refractivity contribution in [3.05, 3.63) is 41.3 Å². The molecule has 0 fully saturated rings. The topological polar surface area (TPSA) is 50.2 Å². The first-order valence-corrected chi connectivity index (χ1v) is 4.70. The Morgan fingerprint density at radius 3 is 2.50 bits per heavy atom. The smallest absolute Gasteiger partial charge is 0.417 e. The molecule has 18 heavy (non-hydrogen) atoms. The molecule has 1 N–H and O–H groups in total.